The summed E-state index contributed by atoms with van der Waals surface area (Å²) in [6, 6.07) is 13.7. The van der Waals surface area contributed by atoms with Crippen LogP contribution < -0.4 is 10.6 Å². The Balaban J connectivity index is 1.57. The smallest absolute Gasteiger partial charge is 0.234 e. The van der Waals surface area contributed by atoms with Gasteiger partial charge in [0.25, 0.3) is 0 Å². The molecule has 0 saturated carbocycles. The van der Waals surface area contributed by atoms with Gasteiger partial charge in [-0.1, -0.05) is 55.4 Å². The average Bonchev–Trinajstić information content (AvgIpc) is 3.11. The van der Waals surface area contributed by atoms with E-state index >= 15 is 0 Å². The Labute approximate surface area is 186 Å². The number of carbonyl (C=O) groups excluding carboxylic acids is 1. The van der Waals surface area contributed by atoms with Crippen LogP contribution in [0.1, 0.15) is 30.8 Å². The highest BCUT2D eigenvalue weighted by Gasteiger charge is 2.14. The van der Waals surface area contributed by atoms with Crippen LogP contribution in [0.15, 0.2) is 47.6 Å². The number of nitrogens with one attached hydrogen (secondary N) is 2. The van der Waals surface area contributed by atoms with E-state index in [0.717, 1.165) is 41.2 Å². The van der Waals surface area contributed by atoms with Crippen molar-refractivity contribution in [3.8, 4) is 0 Å². The standard InChI is InChI=1S/C22H26ClN5OS/c1-4-15-7-6-8-16(5-2)21(15)25-20(29)14-30-22-27-26-19(28(22)3)13-24-18-11-9-17(23)10-12-18/h6-12,24H,4-5,13-14H2,1-3H3,(H,25,29). The summed E-state index contributed by atoms with van der Waals surface area (Å²) in [5, 5.41) is 16.2. The second kappa shape index (κ2) is 10.5. The Kier molecular flexibility index (Phi) is 7.76. The summed E-state index contributed by atoms with van der Waals surface area (Å²) < 4.78 is 1.90. The van der Waals surface area contributed by atoms with Crippen LogP contribution in [0.3, 0.4) is 0 Å². The van der Waals surface area contributed by atoms with Crippen molar-refractivity contribution in [2.45, 2.75) is 38.4 Å². The van der Waals surface area contributed by atoms with E-state index in [1.165, 1.54) is 11.8 Å². The molecule has 158 valence electrons. The minimum absolute atomic E-state index is 0.0422. The van der Waals surface area contributed by atoms with Crippen molar-refractivity contribution in [1.29, 1.82) is 0 Å². The van der Waals surface area contributed by atoms with Crippen LogP contribution in [0.2, 0.25) is 5.02 Å². The zero-order valence-corrected chi connectivity index (χ0v) is 19.0. The van der Waals surface area contributed by atoms with Crippen molar-refractivity contribution in [2.75, 3.05) is 16.4 Å². The largest absolute Gasteiger partial charge is 0.378 e. The van der Waals surface area contributed by atoms with E-state index in [0.29, 0.717) is 16.7 Å². The topological polar surface area (TPSA) is 71.8 Å². The molecule has 1 aromatic heterocycles. The quantitative estimate of drug-likeness (QED) is 0.458. The number of benzene rings is 2. The number of aryl methyl sites for hydroxylation is 2. The van der Waals surface area contributed by atoms with Gasteiger partial charge < -0.3 is 15.2 Å². The lowest BCUT2D eigenvalue weighted by Crippen LogP contribution is -2.17. The van der Waals surface area contributed by atoms with Gasteiger partial charge in [0.05, 0.1) is 12.3 Å². The molecular formula is C22H26ClN5OS. The van der Waals surface area contributed by atoms with E-state index in [-0.39, 0.29) is 11.7 Å². The number of anilines is 2. The Morgan fingerprint density at radius 1 is 1.07 bits per heavy atom. The third-order valence-electron chi connectivity index (χ3n) is 4.82. The maximum Gasteiger partial charge on any atom is 0.234 e. The molecule has 0 spiro atoms. The first-order valence-corrected chi connectivity index (χ1v) is 11.3. The summed E-state index contributed by atoms with van der Waals surface area (Å²) in [6.07, 6.45) is 1.76. The lowest BCUT2D eigenvalue weighted by atomic mass is 10.0. The molecule has 6 nitrogen and oxygen atoms in total. The third kappa shape index (κ3) is 5.55. The minimum atomic E-state index is -0.0422. The number of amides is 1. The average molecular weight is 444 g/mol. The lowest BCUT2D eigenvalue weighted by Gasteiger charge is -2.14. The van der Waals surface area contributed by atoms with Gasteiger partial charge in [-0.05, 0) is 48.2 Å². The molecule has 0 bridgehead atoms. The van der Waals surface area contributed by atoms with E-state index in [1.54, 1.807) is 0 Å². The van der Waals surface area contributed by atoms with Crippen LogP contribution in [0, 0.1) is 0 Å². The molecule has 0 aliphatic rings. The van der Waals surface area contributed by atoms with Crippen LogP contribution in [0.5, 0.6) is 0 Å². The second-order valence-electron chi connectivity index (χ2n) is 6.81. The number of nitrogens with zero attached hydrogens (tertiary/aromatic N) is 3. The third-order valence-corrected chi connectivity index (χ3v) is 6.09. The molecule has 0 fully saturated rings. The predicted octanol–water partition coefficient (Wildman–Crippen LogP) is 4.94. The molecule has 1 amide bonds. The first-order chi connectivity index (χ1) is 14.5. The van der Waals surface area contributed by atoms with Gasteiger partial charge >= 0.3 is 0 Å². The number of carbonyl (C=O) groups is 1. The monoisotopic (exact) mass is 443 g/mol. The molecule has 3 aromatic rings. The molecule has 0 atom stereocenters. The van der Waals surface area contributed by atoms with Crippen molar-refractivity contribution in [3.63, 3.8) is 0 Å². The summed E-state index contributed by atoms with van der Waals surface area (Å²) in [5.74, 6) is 1.02. The van der Waals surface area contributed by atoms with Crippen LogP contribution in [-0.2, 0) is 31.2 Å². The second-order valence-corrected chi connectivity index (χ2v) is 8.19. The molecular weight excluding hydrogens is 418 g/mol. The summed E-state index contributed by atoms with van der Waals surface area (Å²) >= 11 is 7.29. The van der Waals surface area contributed by atoms with Gasteiger partial charge in [0.2, 0.25) is 5.91 Å². The molecule has 1 heterocycles. The molecule has 30 heavy (non-hydrogen) atoms. The Bertz CT molecular complexity index is 981. The van der Waals surface area contributed by atoms with Crippen molar-refractivity contribution >= 4 is 40.6 Å². The van der Waals surface area contributed by atoms with Crippen LogP contribution in [0.25, 0.3) is 0 Å². The maximum absolute atomic E-state index is 12.6. The Morgan fingerprint density at radius 3 is 2.37 bits per heavy atom. The van der Waals surface area contributed by atoms with E-state index in [9.17, 15) is 4.79 Å². The van der Waals surface area contributed by atoms with Gasteiger partial charge in [-0.15, -0.1) is 10.2 Å². The number of rotatable bonds is 9. The van der Waals surface area contributed by atoms with Gasteiger partial charge in [-0.2, -0.15) is 0 Å². The zero-order valence-electron chi connectivity index (χ0n) is 17.4. The molecule has 2 aromatic carbocycles. The highest BCUT2D eigenvalue weighted by molar-refractivity contribution is 7.99. The number of hydrogen-bond acceptors (Lipinski definition) is 5. The first-order valence-electron chi connectivity index (χ1n) is 9.92. The van der Waals surface area contributed by atoms with Crippen LogP contribution in [-0.4, -0.2) is 26.4 Å². The Morgan fingerprint density at radius 2 is 1.73 bits per heavy atom. The highest BCUT2D eigenvalue weighted by atomic mass is 35.5. The normalized spacial score (nSPS) is 10.8. The van der Waals surface area contributed by atoms with Crippen molar-refractivity contribution < 1.29 is 4.79 Å². The van der Waals surface area contributed by atoms with Crippen LogP contribution >= 0.6 is 23.4 Å². The van der Waals surface area contributed by atoms with Gasteiger partial charge in [0.1, 0.15) is 0 Å². The molecule has 0 aliphatic heterocycles. The molecule has 0 unspecified atom stereocenters. The van der Waals surface area contributed by atoms with Crippen LogP contribution in [0.4, 0.5) is 11.4 Å². The SMILES string of the molecule is CCc1cccc(CC)c1NC(=O)CSc1nnc(CNc2ccc(Cl)cc2)n1C. The summed E-state index contributed by atoms with van der Waals surface area (Å²) in [5.41, 5.74) is 4.21. The summed E-state index contributed by atoms with van der Waals surface area (Å²) in [7, 11) is 1.90. The fraction of sp³-hybridized carbons (Fsp3) is 0.318. The Hall–Kier alpha value is -2.51. The summed E-state index contributed by atoms with van der Waals surface area (Å²) in [4.78, 5) is 12.6. The van der Waals surface area contributed by atoms with Crippen molar-refractivity contribution in [1.82, 2.24) is 14.8 Å². The fourth-order valence-corrected chi connectivity index (χ4v) is 3.94. The molecule has 0 radical (unpaired) electrons. The number of para-hydroxylation sites is 1. The van der Waals surface area contributed by atoms with Gasteiger partial charge in [0, 0.05) is 23.4 Å². The van der Waals surface area contributed by atoms with Gasteiger partial charge in [0.15, 0.2) is 11.0 Å². The number of halogens is 1. The number of thioether (sulfide) groups is 1. The first kappa shape index (κ1) is 22.2. The van der Waals surface area contributed by atoms with E-state index < -0.39 is 0 Å². The van der Waals surface area contributed by atoms with E-state index in [4.69, 9.17) is 11.6 Å². The van der Waals surface area contributed by atoms with E-state index in [2.05, 4.69) is 46.8 Å². The number of aromatic nitrogens is 3. The van der Waals surface area contributed by atoms with Gasteiger partial charge in [-0.25, -0.2) is 0 Å². The molecule has 8 heteroatoms. The highest BCUT2D eigenvalue weighted by Crippen LogP contribution is 2.24. The maximum atomic E-state index is 12.6. The molecule has 3 rings (SSSR count). The van der Waals surface area contributed by atoms with Crippen molar-refractivity contribution in [2.24, 2.45) is 7.05 Å². The molecule has 0 saturated heterocycles. The number of hydrogen-bond donors (Lipinski definition) is 2. The minimum Gasteiger partial charge on any atom is -0.378 e. The van der Waals surface area contributed by atoms with Crippen molar-refractivity contribution in [3.05, 3.63) is 64.4 Å². The molecule has 0 aliphatic carbocycles. The molecule has 2 N–H and O–H groups in total. The fourth-order valence-electron chi connectivity index (χ4n) is 3.08. The lowest BCUT2D eigenvalue weighted by molar-refractivity contribution is -0.113. The zero-order chi connectivity index (χ0) is 21.5. The predicted molar refractivity (Wildman–Crippen MR) is 124 cm³/mol. The summed E-state index contributed by atoms with van der Waals surface area (Å²) in [6.45, 7) is 4.72. The van der Waals surface area contributed by atoms with Gasteiger partial charge in [-0.3, -0.25) is 4.79 Å². The van der Waals surface area contributed by atoms with E-state index in [1.807, 2.05) is 41.9 Å².